The lowest BCUT2D eigenvalue weighted by Crippen LogP contribution is -2.12. The summed E-state index contributed by atoms with van der Waals surface area (Å²) >= 11 is 7.83. The number of nitrogens with zero attached hydrogens (tertiary/aromatic N) is 1. The SMILES string of the molecule is Cc1ccccc1-c1nc(-c2ccc(NC(=O)CCCOc3cc(C)c(Cl)c(C)c3)cc2)cs1. The Bertz CT molecular complexity index is 1280. The molecule has 1 amide bonds. The molecule has 0 aliphatic carbocycles. The lowest BCUT2D eigenvalue weighted by atomic mass is 10.1. The molecule has 0 unspecified atom stereocenters. The van der Waals surface area contributed by atoms with E-state index in [0.717, 1.165) is 49.4 Å². The Morgan fingerprint density at radius 3 is 2.41 bits per heavy atom. The van der Waals surface area contributed by atoms with Crippen molar-refractivity contribution in [2.75, 3.05) is 11.9 Å². The normalized spacial score (nSPS) is 10.8. The largest absolute Gasteiger partial charge is 0.494 e. The highest BCUT2D eigenvalue weighted by Gasteiger charge is 2.10. The number of hydrogen-bond acceptors (Lipinski definition) is 4. The van der Waals surface area contributed by atoms with Gasteiger partial charge in [0.1, 0.15) is 10.8 Å². The van der Waals surface area contributed by atoms with Gasteiger partial charge >= 0.3 is 0 Å². The number of aromatic nitrogens is 1. The fraction of sp³-hybridized carbons (Fsp3) is 0.214. The first-order valence-electron chi connectivity index (χ1n) is 11.2. The van der Waals surface area contributed by atoms with Crippen molar-refractivity contribution < 1.29 is 9.53 Å². The predicted octanol–water partition coefficient (Wildman–Crippen LogP) is 7.85. The van der Waals surface area contributed by atoms with Crippen LogP contribution in [0.3, 0.4) is 0 Å². The summed E-state index contributed by atoms with van der Waals surface area (Å²) in [6, 6.07) is 19.9. The second kappa shape index (κ2) is 10.9. The second-order valence-electron chi connectivity index (χ2n) is 8.30. The van der Waals surface area contributed by atoms with Crippen molar-refractivity contribution in [3.05, 3.63) is 87.8 Å². The maximum absolute atomic E-state index is 12.3. The summed E-state index contributed by atoms with van der Waals surface area (Å²) in [6.07, 6.45) is 1.02. The number of anilines is 1. The predicted molar refractivity (Wildman–Crippen MR) is 142 cm³/mol. The van der Waals surface area contributed by atoms with Crippen molar-refractivity contribution in [2.24, 2.45) is 0 Å². The van der Waals surface area contributed by atoms with E-state index in [1.807, 2.05) is 62.4 Å². The molecule has 0 saturated carbocycles. The quantitative estimate of drug-likeness (QED) is 0.256. The Hall–Kier alpha value is -3.15. The van der Waals surface area contributed by atoms with Crippen LogP contribution in [0.4, 0.5) is 5.69 Å². The molecule has 0 spiro atoms. The van der Waals surface area contributed by atoms with Gasteiger partial charge in [-0.15, -0.1) is 11.3 Å². The first-order valence-corrected chi connectivity index (χ1v) is 12.5. The number of rotatable bonds is 8. The van der Waals surface area contributed by atoms with Crippen LogP contribution in [0.1, 0.15) is 29.5 Å². The third-order valence-electron chi connectivity index (χ3n) is 5.57. The Balaban J connectivity index is 1.27. The van der Waals surface area contributed by atoms with Crippen LogP contribution in [0.25, 0.3) is 21.8 Å². The zero-order valence-electron chi connectivity index (χ0n) is 19.5. The molecule has 1 aromatic heterocycles. The summed E-state index contributed by atoms with van der Waals surface area (Å²) in [5.41, 5.74) is 7.08. The van der Waals surface area contributed by atoms with Crippen molar-refractivity contribution in [3.8, 4) is 27.6 Å². The highest BCUT2D eigenvalue weighted by atomic mass is 35.5. The van der Waals surface area contributed by atoms with Crippen LogP contribution in [-0.2, 0) is 4.79 Å². The minimum Gasteiger partial charge on any atom is -0.494 e. The van der Waals surface area contributed by atoms with Crippen molar-refractivity contribution in [1.82, 2.24) is 4.98 Å². The van der Waals surface area contributed by atoms with E-state index < -0.39 is 0 Å². The lowest BCUT2D eigenvalue weighted by molar-refractivity contribution is -0.116. The molecule has 0 bridgehead atoms. The number of ether oxygens (including phenoxy) is 1. The molecule has 4 nitrogen and oxygen atoms in total. The number of halogens is 1. The molecule has 174 valence electrons. The van der Waals surface area contributed by atoms with Crippen LogP contribution >= 0.6 is 22.9 Å². The van der Waals surface area contributed by atoms with E-state index in [0.29, 0.717) is 19.4 Å². The number of amides is 1. The second-order valence-corrected chi connectivity index (χ2v) is 9.54. The van der Waals surface area contributed by atoms with Crippen molar-refractivity contribution in [3.63, 3.8) is 0 Å². The van der Waals surface area contributed by atoms with Crippen molar-refractivity contribution in [2.45, 2.75) is 33.6 Å². The van der Waals surface area contributed by atoms with Gasteiger partial charge < -0.3 is 10.1 Å². The molecule has 0 aliphatic rings. The Morgan fingerprint density at radius 2 is 1.71 bits per heavy atom. The first-order chi connectivity index (χ1) is 16.4. The first kappa shape index (κ1) is 24.0. The summed E-state index contributed by atoms with van der Waals surface area (Å²) in [4.78, 5) is 17.1. The van der Waals surface area contributed by atoms with E-state index in [4.69, 9.17) is 21.3 Å². The number of hydrogen-bond donors (Lipinski definition) is 1. The molecule has 0 atom stereocenters. The van der Waals surface area contributed by atoms with Gasteiger partial charge in [-0.1, -0.05) is 48.0 Å². The highest BCUT2D eigenvalue weighted by Crippen LogP contribution is 2.31. The number of benzene rings is 3. The van der Waals surface area contributed by atoms with Gasteiger partial charge in [0, 0.05) is 33.6 Å². The minimum atomic E-state index is -0.0321. The number of thiazole rings is 1. The standard InChI is InChI=1S/C28H27ClN2O2S/c1-18-7-4-5-8-24(18)28-31-25(17-34-28)21-10-12-22(13-11-21)30-26(32)9-6-14-33-23-15-19(2)27(29)20(3)16-23/h4-5,7-8,10-13,15-17H,6,9,14H2,1-3H3,(H,30,32). The van der Waals surface area contributed by atoms with Gasteiger partial charge in [0.15, 0.2) is 0 Å². The molecular formula is C28H27ClN2O2S. The molecule has 1 heterocycles. The molecular weight excluding hydrogens is 464 g/mol. The highest BCUT2D eigenvalue weighted by molar-refractivity contribution is 7.13. The van der Waals surface area contributed by atoms with Gasteiger partial charge in [-0.3, -0.25) is 4.79 Å². The van der Waals surface area contributed by atoms with Gasteiger partial charge in [-0.05, 0) is 68.1 Å². The molecule has 34 heavy (non-hydrogen) atoms. The minimum absolute atomic E-state index is 0.0321. The summed E-state index contributed by atoms with van der Waals surface area (Å²) in [5, 5.41) is 6.80. The Labute approximate surface area is 209 Å². The Kier molecular flexibility index (Phi) is 7.66. The molecule has 0 radical (unpaired) electrons. The van der Waals surface area contributed by atoms with Gasteiger partial charge in [-0.25, -0.2) is 4.98 Å². The van der Waals surface area contributed by atoms with E-state index in [1.54, 1.807) is 11.3 Å². The molecule has 4 rings (SSSR count). The lowest BCUT2D eigenvalue weighted by Gasteiger charge is -2.10. The average Bonchev–Trinajstić information content (AvgIpc) is 3.31. The average molecular weight is 491 g/mol. The van der Waals surface area contributed by atoms with Gasteiger partial charge in [0.25, 0.3) is 0 Å². The zero-order valence-corrected chi connectivity index (χ0v) is 21.1. The maximum atomic E-state index is 12.3. The smallest absolute Gasteiger partial charge is 0.224 e. The van der Waals surface area contributed by atoms with Crippen molar-refractivity contribution >= 4 is 34.5 Å². The third kappa shape index (κ3) is 5.85. The van der Waals surface area contributed by atoms with E-state index >= 15 is 0 Å². The zero-order chi connectivity index (χ0) is 24.1. The monoisotopic (exact) mass is 490 g/mol. The van der Waals surface area contributed by atoms with Crippen molar-refractivity contribution in [1.29, 1.82) is 0 Å². The van der Waals surface area contributed by atoms with Crippen LogP contribution in [0.5, 0.6) is 5.75 Å². The van der Waals surface area contributed by atoms with Crippen LogP contribution in [0, 0.1) is 20.8 Å². The van der Waals surface area contributed by atoms with Gasteiger partial charge in [-0.2, -0.15) is 0 Å². The van der Waals surface area contributed by atoms with E-state index in [2.05, 4.69) is 29.8 Å². The summed E-state index contributed by atoms with van der Waals surface area (Å²) in [5.74, 6) is 0.748. The van der Waals surface area contributed by atoms with Crippen LogP contribution in [0.15, 0.2) is 66.0 Å². The summed E-state index contributed by atoms with van der Waals surface area (Å²) < 4.78 is 5.78. The molecule has 0 aliphatic heterocycles. The molecule has 1 N–H and O–H groups in total. The molecule has 0 fully saturated rings. The number of aryl methyl sites for hydroxylation is 3. The van der Waals surface area contributed by atoms with E-state index in [1.165, 1.54) is 5.56 Å². The molecule has 6 heteroatoms. The third-order valence-corrected chi connectivity index (χ3v) is 7.04. The van der Waals surface area contributed by atoms with E-state index in [-0.39, 0.29) is 5.91 Å². The van der Waals surface area contributed by atoms with Crippen LogP contribution < -0.4 is 10.1 Å². The summed E-state index contributed by atoms with van der Waals surface area (Å²) in [6.45, 7) is 6.48. The van der Waals surface area contributed by atoms with Gasteiger partial charge in [0.2, 0.25) is 5.91 Å². The molecule has 4 aromatic rings. The van der Waals surface area contributed by atoms with E-state index in [9.17, 15) is 4.79 Å². The molecule has 3 aromatic carbocycles. The maximum Gasteiger partial charge on any atom is 0.224 e. The van der Waals surface area contributed by atoms with Crippen LogP contribution in [0.2, 0.25) is 5.02 Å². The topological polar surface area (TPSA) is 51.2 Å². The van der Waals surface area contributed by atoms with Gasteiger partial charge in [0.05, 0.1) is 12.3 Å². The summed E-state index contributed by atoms with van der Waals surface area (Å²) in [7, 11) is 0. The number of carbonyl (C=O) groups excluding carboxylic acids is 1. The number of nitrogens with one attached hydrogen (secondary N) is 1. The number of carbonyl (C=O) groups is 1. The Morgan fingerprint density at radius 1 is 1.00 bits per heavy atom. The molecule has 0 saturated heterocycles. The van der Waals surface area contributed by atoms with Crippen LogP contribution in [-0.4, -0.2) is 17.5 Å². The fourth-order valence-electron chi connectivity index (χ4n) is 3.70. The fourth-order valence-corrected chi connectivity index (χ4v) is 4.73.